The van der Waals surface area contributed by atoms with Crippen molar-refractivity contribution < 1.29 is 27.3 Å². The SMILES string of the molecule is CC(C)(C)c1ccc(C2C(c3[c-]ccc4c3oc3ccccc34)=Nc3ccccc32)cc1.[2H]C([2H])(c1cc(-c2[c-]cccc2)nc[c]1[Ge]([CH3])([CH3])[CH3])C(C)C.[Ir]. The summed E-state index contributed by atoms with van der Waals surface area (Å²) in [5, 5.41) is 2.23. The van der Waals surface area contributed by atoms with Crippen molar-refractivity contribution in [2.75, 3.05) is 0 Å². The molecule has 271 valence electrons. The van der Waals surface area contributed by atoms with Crippen LogP contribution < -0.4 is 4.40 Å². The third-order valence-corrected chi connectivity index (χ3v) is 13.8. The van der Waals surface area contributed by atoms with Crippen LogP contribution in [0.15, 0.2) is 131 Å². The van der Waals surface area contributed by atoms with Crippen LogP contribution in [0.2, 0.25) is 17.3 Å². The maximum atomic E-state index is 8.56. The van der Waals surface area contributed by atoms with Gasteiger partial charge in [-0.15, -0.1) is 18.2 Å². The van der Waals surface area contributed by atoms with Crippen molar-refractivity contribution >= 4 is 51.0 Å². The van der Waals surface area contributed by atoms with Gasteiger partial charge in [0.2, 0.25) is 0 Å². The molecule has 0 saturated heterocycles. The normalized spacial score (nSPS) is 14.9. The van der Waals surface area contributed by atoms with E-state index in [9.17, 15) is 0 Å². The summed E-state index contributed by atoms with van der Waals surface area (Å²) in [5.41, 5.74) is 11.2. The number of para-hydroxylation sites is 2. The summed E-state index contributed by atoms with van der Waals surface area (Å²) < 4.78 is 24.6. The first-order valence-electron chi connectivity index (χ1n) is 19.2. The molecule has 1 radical (unpaired) electrons. The predicted octanol–water partition coefficient (Wildman–Crippen LogP) is 12.2. The van der Waals surface area contributed by atoms with E-state index in [1.165, 1.54) is 16.7 Å². The van der Waals surface area contributed by atoms with Gasteiger partial charge in [0, 0.05) is 31.4 Å². The van der Waals surface area contributed by atoms with Gasteiger partial charge in [-0.2, -0.15) is 0 Å². The number of aromatic nitrogens is 1. The zero-order valence-corrected chi connectivity index (χ0v) is 36.3. The Labute approximate surface area is 334 Å². The summed E-state index contributed by atoms with van der Waals surface area (Å²) in [6, 6.07) is 46.0. The van der Waals surface area contributed by atoms with Crippen molar-refractivity contribution in [3.63, 3.8) is 0 Å². The maximum absolute atomic E-state index is 8.56. The molecule has 5 heteroatoms. The van der Waals surface area contributed by atoms with Gasteiger partial charge in [-0.1, -0.05) is 92.4 Å². The van der Waals surface area contributed by atoms with Gasteiger partial charge in [-0.05, 0) is 39.9 Å². The van der Waals surface area contributed by atoms with Crippen molar-refractivity contribution in [1.82, 2.24) is 4.98 Å². The molecule has 7 aromatic rings. The second kappa shape index (κ2) is 15.7. The number of rotatable bonds is 6. The summed E-state index contributed by atoms with van der Waals surface area (Å²) in [7, 11) is 0. The zero-order valence-electron chi connectivity index (χ0n) is 33.8. The van der Waals surface area contributed by atoms with Gasteiger partial charge >= 0.3 is 128 Å². The summed E-state index contributed by atoms with van der Waals surface area (Å²) in [6.07, 6.45) is 0.562. The molecule has 0 saturated carbocycles. The van der Waals surface area contributed by atoms with Crippen LogP contribution >= 0.6 is 0 Å². The predicted molar refractivity (Wildman–Crippen MR) is 222 cm³/mol. The molecule has 3 nitrogen and oxygen atoms in total. The van der Waals surface area contributed by atoms with E-state index in [2.05, 4.69) is 122 Å². The fraction of sp³-hybridized carbons (Fsp3) is 0.250. The smallest absolute Gasteiger partial charge is 0 e. The standard InChI is InChI=1S/C30H24NO.C18H24GeN.Ir/c1-30(2,3)20-17-15-19(16-18-20)27-23-10-4-6-13-25(23)31-28(27)24-12-8-11-22-21-9-5-7-14-26(21)32-29(22)24;1-14(2)11-16-12-18(15-9-7-6-8-10-15)20-13-17(16)19(3,4)5;/h4-11,13-18,27H,1-3H3;6-9,12-14H,11H2,1-5H3;/q2*-1;/i;11D2;. The van der Waals surface area contributed by atoms with E-state index < -0.39 is 19.6 Å². The third kappa shape index (κ3) is 8.21. The van der Waals surface area contributed by atoms with Gasteiger partial charge in [0.05, 0.1) is 11.3 Å². The average Bonchev–Trinajstić information content (AvgIpc) is 3.73. The minimum atomic E-state index is -2.20. The summed E-state index contributed by atoms with van der Waals surface area (Å²) in [5.74, 6) is 6.82. The topological polar surface area (TPSA) is 38.4 Å². The average molecular weight is 936 g/mol. The number of furan rings is 1. The molecule has 0 amide bonds. The molecule has 3 heterocycles. The zero-order chi connectivity index (χ0) is 38.4. The Balaban J connectivity index is 0.000000198. The molecule has 53 heavy (non-hydrogen) atoms. The van der Waals surface area contributed by atoms with Crippen LogP contribution in [0, 0.1) is 18.1 Å². The molecule has 0 fully saturated rings. The molecule has 1 aliphatic rings. The van der Waals surface area contributed by atoms with E-state index >= 15 is 0 Å². The van der Waals surface area contributed by atoms with Crippen LogP contribution in [0.4, 0.5) is 5.69 Å². The summed E-state index contributed by atoms with van der Waals surface area (Å²) in [4.78, 5) is 9.69. The van der Waals surface area contributed by atoms with Crippen LogP contribution in [0.5, 0.6) is 0 Å². The Bertz CT molecular complexity index is 2480. The van der Waals surface area contributed by atoms with Crippen LogP contribution in [-0.4, -0.2) is 24.0 Å². The second-order valence-corrected chi connectivity index (χ2v) is 26.6. The molecule has 1 unspecified atom stereocenters. The van der Waals surface area contributed by atoms with Crippen molar-refractivity contribution in [2.24, 2.45) is 10.9 Å². The van der Waals surface area contributed by atoms with E-state index in [1.807, 2.05) is 68.6 Å². The Morgan fingerprint density at radius 3 is 2.25 bits per heavy atom. The van der Waals surface area contributed by atoms with Crippen LogP contribution in [0.25, 0.3) is 33.2 Å². The minimum absolute atomic E-state index is 0. The maximum Gasteiger partial charge on any atom is 0 e. The Morgan fingerprint density at radius 1 is 0.830 bits per heavy atom. The van der Waals surface area contributed by atoms with E-state index in [0.29, 0.717) is 0 Å². The van der Waals surface area contributed by atoms with Crippen molar-refractivity contribution in [1.29, 1.82) is 0 Å². The molecule has 0 bridgehead atoms. The van der Waals surface area contributed by atoms with Gasteiger partial charge in [0.1, 0.15) is 5.58 Å². The van der Waals surface area contributed by atoms with Crippen molar-refractivity contribution in [3.05, 3.63) is 161 Å². The van der Waals surface area contributed by atoms with E-state index in [1.54, 1.807) is 0 Å². The van der Waals surface area contributed by atoms with Crippen molar-refractivity contribution in [3.8, 4) is 11.3 Å². The monoisotopic (exact) mass is 937 g/mol. The van der Waals surface area contributed by atoms with Crippen LogP contribution in [0.3, 0.4) is 0 Å². The fourth-order valence-electron chi connectivity index (χ4n) is 6.95. The van der Waals surface area contributed by atoms with E-state index in [4.69, 9.17) is 12.2 Å². The molecule has 8 rings (SSSR count). The third-order valence-electron chi connectivity index (χ3n) is 9.61. The molecule has 0 spiro atoms. The number of fused-ring (bicyclic) bond motifs is 4. The van der Waals surface area contributed by atoms with Crippen LogP contribution in [0.1, 0.15) is 71.1 Å². The second-order valence-electron chi connectivity index (χ2n) is 16.0. The van der Waals surface area contributed by atoms with Crippen molar-refractivity contribution in [2.45, 2.75) is 69.6 Å². The molecule has 0 N–H and O–H groups in total. The summed E-state index contributed by atoms with van der Waals surface area (Å²) in [6.45, 7) is 10.6. The number of hydrogen-bond donors (Lipinski definition) is 0. The molecular formula is C48H48GeIrN2O-2. The van der Waals surface area contributed by atoms with Crippen LogP contribution in [-0.2, 0) is 31.9 Å². The molecule has 1 aliphatic heterocycles. The number of hydrogen-bond acceptors (Lipinski definition) is 3. The first kappa shape index (κ1) is 35.9. The molecule has 1 atom stereocenters. The molecule has 0 aliphatic carbocycles. The molecular weight excluding hydrogens is 885 g/mol. The first-order chi connectivity index (χ1) is 25.6. The minimum Gasteiger partial charge on any atom is 0 e. The quantitative estimate of drug-likeness (QED) is 0.123. The number of nitrogens with zero attached hydrogens (tertiary/aromatic N) is 2. The number of pyridine rings is 1. The van der Waals surface area contributed by atoms with Gasteiger partial charge in [0.15, 0.2) is 0 Å². The Hall–Kier alpha value is -4.09. The van der Waals surface area contributed by atoms with Gasteiger partial charge in [-0.25, -0.2) is 0 Å². The van der Waals surface area contributed by atoms with Gasteiger partial charge < -0.3 is 4.42 Å². The Kier molecular flexibility index (Phi) is 10.6. The van der Waals surface area contributed by atoms with E-state index in [0.717, 1.165) is 60.1 Å². The Morgan fingerprint density at radius 2 is 1.55 bits per heavy atom. The largest absolute Gasteiger partial charge is 0 e. The molecule has 2 aromatic heterocycles. The van der Waals surface area contributed by atoms with E-state index in [-0.39, 0.29) is 37.4 Å². The summed E-state index contributed by atoms with van der Waals surface area (Å²) >= 11 is -2.20. The van der Waals surface area contributed by atoms with Gasteiger partial charge in [-0.3, -0.25) is 4.99 Å². The first-order valence-corrected chi connectivity index (χ1v) is 25.6. The molecule has 5 aromatic carbocycles. The fourth-order valence-corrected chi connectivity index (χ4v) is 9.90. The van der Waals surface area contributed by atoms with Gasteiger partial charge in [0.25, 0.3) is 0 Å². The number of aliphatic imine (C=N–C) groups is 1. The number of benzene rings is 5.